The summed E-state index contributed by atoms with van der Waals surface area (Å²) in [6.07, 6.45) is 11.5. The van der Waals surface area contributed by atoms with Gasteiger partial charge in [0.05, 0.1) is 24.8 Å². The fraction of sp³-hybridized carbons (Fsp3) is 0.679. The first kappa shape index (κ1) is 48.6. The van der Waals surface area contributed by atoms with Crippen LogP contribution < -0.4 is 4.74 Å². The normalized spacial score (nSPS) is 38.8. The number of hydrogen-bond acceptors (Lipinski definition) is 13. The molecule has 8 rings (SSSR count). The van der Waals surface area contributed by atoms with E-state index in [1.54, 1.807) is 26.3 Å². The Morgan fingerprint density at radius 1 is 0.881 bits per heavy atom. The Morgan fingerprint density at radius 2 is 1.58 bits per heavy atom. The maximum absolute atomic E-state index is 15.1. The molecular formula is C53H71N3O11. The molecule has 3 unspecified atom stereocenters. The van der Waals surface area contributed by atoms with Gasteiger partial charge >= 0.3 is 23.9 Å². The van der Waals surface area contributed by atoms with Crippen LogP contribution in [0.2, 0.25) is 0 Å². The van der Waals surface area contributed by atoms with E-state index in [4.69, 9.17) is 28.4 Å². The van der Waals surface area contributed by atoms with Crippen molar-refractivity contribution >= 4 is 35.7 Å². The van der Waals surface area contributed by atoms with Crippen LogP contribution in [0.5, 0.6) is 5.75 Å². The Kier molecular flexibility index (Phi) is 12.8. The van der Waals surface area contributed by atoms with E-state index in [2.05, 4.69) is 51.9 Å². The number of benzene rings is 1. The molecule has 0 radical (unpaired) electrons. The van der Waals surface area contributed by atoms with E-state index in [1.807, 2.05) is 37.3 Å². The summed E-state index contributed by atoms with van der Waals surface area (Å²) in [7, 11) is 1.62. The van der Waals surface area contributed by atoms with Gasteiger partial charge in [-0.3, -0.25) is 19.2 Å². The van der Waals surface area contributed by atoms with Crippen molar-refractivity contribution in [2.24, 2.45) is 50.2 Å². The number of rotatable bonds is 10. The summed E-state index contributed by atoms with van der Waals surface area (Å²) in [6, 6.07) is 7.52. The molecule has 0 amide bonds. The van der Waals surface area contributed by atoms with E-state index in [0.717, 1.165) is 49.8 Å². The lowest BCUT2D eigenvalue weighted by atomic mass is 9.33. The number of aromatic nitrogens is 3. The maximum atomic E-state index is 15.1. The summed E-state index contributed by atoms with van der Waals surface area (Å²) in [6.45, 7) is 20.2. The molecule has 364 valence electrons. The van der Waals surface area contributed by atoms with Crippen LogP contribution >= 0.6 is 0 Å². The lowest BCUT2D eigenvalue weighted by molar-refractivity contribution is -0.216. The van der Waals surface area contributed by atoms with Crippen molar-refractivity contribution in [1.29, 1.82) is 0 Å². The molecule has 5 fully saturated rings. The predicted octanol–water partition coefficient (Wildman–Crippen LogP) is 9.11. The van der Waals surface area contributed by atoms with Crippen molar-refractivity contribution in [2.75, 3.05) is 7.11 Å². The van der Waals surface area contributed by atoms with Crippen LogP contribution in [0.15, 0.2) is 48.2 Å². The van der Waals surface area contributed by atoms with Crippen molar-refractivity contribution in [2.45, 2.75) is 171 Å². The van der Waals surface area contributed by atoms with Gasteiger partial charge in [-0.15, -0.1) is 5.10 Å². The number of nitrogens with zero attached hydrogens (tertiary/aromatic N) is 3. The average Bonchev–Trinajstić information content (AvgIpc) is 3.74. The van der Waals surface area contributed by atoms with Crippen LogP contribution in [0.1, 0.15) is 151 Å². The molecule has 2 aromatic rings. The Labute approximate surface area is 395 Å². The van der Waals surface area contributed by atoms with Gasteiger partial charge in [-0.1, -0.05) is 64.5 Å². The summed E-state index contributed by atoms with van der Waals surface area (Å²) >= 11 is 0. The zero-order valence-electron chi connectivity index (χ0n) is 41.3. The molecule has 13 atom stereocenters. The number of methoxy groups -OCH3 is 1. The second-order valence-electron chi connectivity index (χ2n) is 22.7. The van der Waals surface area contributed by atoms with Gasteiger partial charge in [0.25, 0.3) is 0 Å². The first-order valence-electron chi connectivity index (χ1n) is 24.3. The third-order valence-corrected chi connectivity index (χ3v) is 18.3. The molecule has 2 heterocycles. The van der Waals surface area contributed by atoms with E-state index in [1.165, 1.54) is 30.2 Å². The molecule has 67 heavy (non-hydrogen) atoms. The van der Waals surface area contributed by atoms with Gasteiger partial charge in [0.2, 0.25) is 0 Å². The Hall–Kier alpha value is -4.85. The van der Waals surface area contributed by atoms with Crippen molar-refractivity contribution < 1.29 is 52.4 Å². The molecule has 0 spiro atoms. The minimum absolute atomic E-state index is 0.0367. The maximum Gasteiger partial charge on any atom is 0.331 e. The molecule has 5 aliphatic carbocycles. The minimum Gasteiger partial charge on any atom is -0.497 e. The van der Waals surface area contributed by atoms with E-state index >= 15 is 4.79 Å². The van der Waals surface area contributed by atoms with E-state index in [0.29, 0.717) is 25.0 Å². The van der Waals surface area contributed by atoms with Crippen LogP contribution in [0.4, 0.5) is 0 Å². The first-order chi connectivity index (χ1) is 31.5. The summed E-state index contributed by atoms with van der Waals surface area (Å²) in [4.78, 5) is 66.3. The van der Waals surface area contributed by atoms with Crippen LogP contribution in [0, 0.1) is 50.2 Å². The molecule has 0 bridgehead atoms. The van der Waals surface area contributed by atoms with Gasteiger partial charge in [-0.25, -0.2) is 9.48 Å². The molecule has 14 heteroatoms. The van der Waals surface area contributed by atoms with Gasteiger partial charge in [0.15, 0.2) is 18.1 Å². The Balaban J connectivity index is 0.955. The van der Waals surface area contributed by atoms with Crippen LogP contribution in [-0.4, -0.2) is 76.2 Å². The van der Waals surface area contributed by atoms with E-state index < -0.39 is 41.9 Å². The van der Waals surface area contributed by atoms with Gasteiger partial charge in [-0.05, 0) is 135 Å². The van der Waals surface area contributed by atoms with E-state index in [-0.39, 0.29) is 81.7 Å². The Morgan fingerprint density at radius 3 is 2.27 bits per heavy atom. The van der Waals surface area contributed by atoms with Crippen molar-refractivity contribution in [3.63, 3.8) is 0 Å². The van der Waals surface area contributed by atoms with Crippen molar-refractivity contribution in [1.82, 2.24) is 15.0 Å². The van der Waals surface area contributed by atoms with Crippen LogP contribution in [0.25, 0.3) is 6.08 Å². The highest BCUT2D eigenvalue weighted by atomic mass is 16.6. The number of hydrogen-bond donors (Lipinski definition) is 0. The van der Waals surface area contributed by atoms with Gasteiger partial charge in [0, 0.05) is 37.7 Å². The smallest absolute Gasteiger partial charge is 0.331 e. The monoisotopic (exact) mass is 926 g/mol. The lowest BCUT2D eigenvalue weighted by Gasteiger charge is -2.70. The highest BCUT2D eigenvalue weighted by Gasteiger charge is 2.70. The van der Waals surface area contributed by atoms with Crippen molar-refractivity contribution in [3.05, 3.63) is 59.4 Å². The molecule has 6 aliphatic rings. The van der Waals surface area contributed by atoms with E-state index in [9.17, 15) is 19.2 Å². The molecule has 1 aromatic heterocycles. The second kappa shape index (κ2) is 17.6. The SMILES string of the molecule is COc1ccc(/C=C/C(=O)O[C@H]2CC[C@@]3(C)C(CC[C@]4(C)[C@@H]3C(=O)C=C3[C@H]5C[C@@](C)(C(=O)OCc6cn([C@H]7CC(OC(C)=O)[C@H](OC(C)=O)C(C)O7)nn6)CC[C@]5(C)CC[C@]34C)C2(C)C)cc1. The van der Waals surface area contributed by atoms with Crippen LogP contribution in [-0.2, 0) is 54.3 Å². The topological polar surface area (TPSA) is 171 Å². The average molecular weight is 926 g/mol. The predicted molar refractivity (Wildman–Crippen MR) is 246 cm³/mol. The number of ether oxygens (including phenoxy) is 6. The standard InChI is InChI=1S/C53H71N3O11/c1-31-45(66-33(3)58)40(65-32(2)57)27-43(64-31)56-29-35(54-55-56)30-63-47(61)50(7)23-22-49(6)24-25-52(9)37(38(49)28-50)26-39(59)46-51(8)20-19-42(48(4,5)41(51)18-21-53(46,52)10)67-44(60)17-14-34-12-15-36(62-11)16-13-34/h12-17,26,29,31,38,40-43,45-46H,18-25,27-28,30H2,1-11H3/b17-14+/t31?,38-,40?,41?,42+,43-,45-,46-,49-,50+,51+,52-,53-/m1/s1. The summed E-state index contributed by atoms with van der Waals surface area (Å²) < 4.78 is 36.1. The fourth-order valence-electron chi connectivity index (χ4n) is 14.3. The molecule has 0 N–H and O–H groups in total. The molecule has 1 saturated heterocycles. The van der Waals surface area contributed by atoms with Gasteiger partial charge in [-0.2, -0.15) is 0 Å². The van der Waals surface area contributed by atoms with Crippen LogP contribution in [0.3, 0.4) is 0 Å². The number of carbonyl (C=O) groups is 5. The fourth-order valence-corrected chi connectivity index (χ4v) is 14.3. The molecule has 14 nitrogen and oxygen atoms in total. The molecule has 4 saturated carbocycles. The first-order valence-corrected chi connectivity index (χ1v) is 24.3. The zero-order valence-corrected chi connectivity index (χ0v) is 41.3. The molecule has 1 aliphatic heterocycles. The zero-order chi connectivity index (χ0) is 48.5. The third kappa shape index (κ3) is 8.55. The number of allylic oxidation sites excluding steroid dienone is 2. The third-order valence-electron chi connectivity index (χ3n) is 18.3. The van der Waals surface area contributed by atoms with Gasteiger partial charge in [0.1, 0.15) is 30.3 Å². The van der Waals surface area contributed by atoms with Gasteiger partial charge < -0.3 is 28.4 Å². The second-order valence-corrected chi connectivity index (χ2v) is 22.7. The summed E-state index contributed by atoms with van der Waals surface area (Å²) in [5.74, 6) is -0.672. The Bertz CT molecular complexity index is 2340. The number of ketones is 1. The number of carbonyl (C=O) groups excluding carboxylic acids is 5. The molecule has 1 aromatic carbocycles. The minimum atomic E-state index is -0.780. The summed E-state index contributed by atoms with van der Waals surface area (Å²) in [5.41, 5.74) is 0.532. The summed E-state index contributed by atoms with van der Waals surface area (Å²) in [5, 5.41) is 8.53. The lowest BCUT2D eigenvalue weighted by Crippen LogP contribution is -2.66. The van der Waals surface area contributed by atoms with Crippen molar-refractivity contribution in [3.8, 4) is 5.75 Å². The highest BCUT2D eigenvalue weighted by molar-refractivity contribution is 5.96. The number of esters is 4. The molecular weight excluding hydrogens is 855 g/mol. The largest absolute Gasteiger partial charge is 0.497 e. The number of fused-ring (bicyclic) bond motifs is 7. The highest BCUT2D eigenvalue weighted by Crippen LogP contribution is 2.75. The quantitative estimate of drug-likeness (QED) is 0.126.